The molecular weight excluding hydrogens is 351 g/mol. The van der Waals surface area contributed by atoms with Crippen LogP contribution in [-0.4, -0.2) is 26.3 Å². The van der Waals surface area contributed by atoms with E-state index in [4.69, 9.17) is 0 Å². The van der Waals surface area contributed by atoms with E-state index in [1.807, 2.05) is 30.3 Å². The molecule has 0 radical (unpaired) electrons. The number of para-hydroxylation sites is 1. The average molecular weight is 368 g/mol. The summed E-state index contributed by atoms with van der Waals surface area (Å²) in [4.78, 5) is 16.5. The number of nitrogens with one attached hydrogen (secondary N) is 2. The largest absolute Gasteiger partial charge is 0.325 e. The fourth-order valence-corrected chi connectivity index (χ4v) is 2.84. The Kier molecular flexibility index (Phi) is 5.80. The zero-order valence-corrected chi connectivity index (χ0v) is 14.8. The lowest BCUT2D eigenvalue weighted by molar-refractivity contribution is -0.115. The second-order valence-corrected chi connectivity index (χ2v) is 6.81. The molecule has 1 amide bonds. The molecule has 3 aromatic rings. The molecule has 132 valence electrons. The summed E-state index contributed by atoms with van der Waals surface area (Å²) in [7, 11) is 0. The number of aromatic nitrogens is 3. The lowest BCUT2D eigenvalue weighted by Crippen LogP contribution is -2.22. The molecule has 0 saturated carbocycles. The summed E-state index contributed by atoms with van der Waals surface area (Å²) in [6, 6.07) is 15.4. The maximum absolute atomic E-state index is 12.9. The van der Waals surface area contributed by atoms with Crippen LogP contribution in [0.3, 0.4) is 0 Å². The molecule has 3 rings (SSSR count). The van der Waals surface area contributed by atoms with Crippen LogP contribution in [0.2, 0.25) is 0 Å². The highest BCUT2D eigenvalue weighted by atomic mass is 32.2. The number of hydrogen-bond acceptors (Lipinski definition) is 4. The van der Waals surface area contributed by atoms with Crippen LogP contribution in [0.25, 0.3) is 12.2 Å². The van der Waals surface area contributed by atoms with Crippen LogP contribution in [0.4, 0.5) is 10.1 Å². The van der Waals surface area contributed by atoms with E-state index in [2.05, 4.69) is 20.5 Å². The fraction of sp³-hybridized carbons (Fsp3) is 0.105. The molecule has 7 heteroatoms. The van der Waals surface area contributed by atoms with E-state index in [1.165, 1.54) is 23.9 Å². The Morgan fingerprint density at radius 3 is 2.62 bits per heavy atom. The van der Waals surface area contributed by atoms with Crippen molar-refractivity contribution in [3.8, 4) is 0 Å². The number of rotatable bonds is 6. The predicted octanol–water partition coefficient (Wildman–Crippen LogP) is 4.23. The number of H-pyrrole nitrogens is 1. The van der Waals surface area contributed by atoms with Gasteiger partial charge in [0.05, 0.1) is 5.25 Å². The molecule has 1 aromatic heterocycles. The van der Waals surface area contributed by atoms with Gasteiger partial charge in [0.15, 0.2) is 0 Å². The second-order valence-electron chi connectivity index (χ2n) is 5.50. The Morgan fingerprint density at radius 1 is 1.15 bits per heavy atom. The number of thioether (sulfide) groups is 1. The molecule has 0 bridgehead atoms. The minimum atomic E-state index is -0.347. The highest BCUT2D eigenvalue weighted by molar-refractivity contribution is 8.00. The SMILES string of the molecule is CC(Sc1n[nH]c(C=Cc2ccc(F)cc2)n1)C(=O)Nc1ccccc1. The molecule has 2 N–H and O–H groups in total. The van der Waals surface area contributed by atoms with E-state index in [-0.39, 0.29) is 17.0 Å². The van der Waals surface area contributed by atoms with Gasteiger partial charge in [-0.15, -0.1) is 5.10 Å². The molecule has 0 spiro atoms. The van der Waals surface area contributed by atoms with Gasteiger partial charge in [-0.2, -0.15) is 0 Å². The van der Waals surface area contributed by atoms with Crippen molar-refractivity contribution in [2.24, 2.45) is 0 Å². The van der Waals surface area contributed by atoms with E-state index >= 15 is 0 Å². The molecule has 0 saturated heterocycles. The Hall–Kier alpha value is -2.93. The molecule has 0 fully saturated rings. The summed E-state index contributed by atoms with van der Waals surface area (Å²) in [5.41, 5.74) is 1.61. The highest BCUT2D eigenvalue weighted by Crippen LogP contribution is 2.21. The van der Waals surface area contributed by atoms with E-state index in [1.54, 1.807) is 31.2 Å². The first-order valence-electron chi connectivity index (χ1n) is 7.99. The summed E-state index contributed by atoms with van der Waals surface area (Å²) < 4.78 is 12.9. The van der Waals surface area contributed by atoms with Gasteiger partial charge in [-0.1, -0.05) is 48.2 Å². The van der Waals surface area contributed by atoms with E-state index in [0.717, 1.165) is 11.3 Å². The summed E-state index contributed by atoms with van der Waals surface area (Å²) in [5, 5.41) is 9.90. The summed E-state index contributed by atoms with van der Waals surface area (Å²) in [5.74, 6) is 0.171. The lowest BCUT2D eigenvalue weighted by atomic mass is 10.2. The van der Waals surface area contributed by atoms with Crippen LogP contribution in [0.1, 0.15) is 18.3 Å². The summed E-state index contributed by atoms with van der Waals surface area (Å²) >= 11 is 1.27. The first-order valence-corrected chi connectivity index (χ1v) is 8.87. The molecular formula is C19H17FN4OS. The number of carbonyl (C=O) groups is 1. The number of carbonyl (C=O) groups excluding carboxylic acids is 1. The molecule has 26 heavy (non-hydrogen) atoms. The van der Waals surface area contributed by atoms with E-state index < -0.39 is 0 Å². The number of hydrogen-bond donors (Lipinski definition) is 2. The Balaban J connectivity index is 1.57. The van der Waals surface area contributed by atoms with Gasteiger partial charge in [-0.3, -0.25) is 9.89 Å². The Bertz CT molecular complexity index is 893. The zero-order chi connectivity index (χ0) is 18.4. The maximum atomic E-state index is 12.9. The lowest BCUT2D eigenvalue weighted by Gasteiger charge is -2.09. The molecule has 0 aliphatic rings. The second kappa shape index (κ2) is 8.44. The first kappa shape index (κ1) is 17.9. The number of aromatic amines is 1. The number of benzene rings is 2. The number of anilines is 1. The number of nitrogens with zero attached hydrogens (tertiary/aromatic N) is 2. The first-order chi connectivity index (χ1) is 12.6. The topological polar surface area (TPSA) is 70.7 Å². The molecule has 1 heterocycles. The van der Waals surface area contributed by atoms with Gasteiger partial charge >= 0.3 is 0 Å². The minimum absolute atomic E-state index is 0.116. The van der Waals surface area contributed by atoms with Crippen molar-refractivity contribution in [1.29, 1.82) is 0 Å². The third kappa shape index (κ3) is 5.03. The molecule has 1 atom stereocenters. The van der Waals surface area contributed by atoms with Crippen LogP contribution in [0.5, 0.6) is 0 Å². The van der Waals surface area contributed by atoms with Crippen molar-refractivity contribution in [3.63, 3.8) is 0 Å². The normalized spacial score (nSPS) is 12.2. The summed E-state index contributed by atoms with van der Waals surface area (Å²) in [6.45, 7) is 1.80. The van der Waals surface area contributed by atoms with Crippen LogP contribution < -0.4 is 5.32 Å². The summed E-state index contributed by atoms with van der Waals surface area (Å²) in [6.07, 6.45) is 3.55. The number of halogens is 1. The Labute approximate surface area is 154 Å². The van der Waals surface area contributed by atoms with Gasteiger partial charge < -0.3 is 5.32 Å². The third-order valence-corrected chi connectivity index (χ3v) is 4.44. The van der Waals surface area contributed by atoms with Gasteiger partial charge in [0.1, 0.15) is 11.6 Å². The van der Waals surface area contributed by atoms with Crippen LogP contribution in [0, 0.1) is 5.82 Å². The molecule has 5 nitrogen and oxygen atoms in total. The van der Waals surface area contributed by atoms with Gasteiger partial charge in [-0.05, 0) is 42.8 Å². The van der Waals surface area contributed by atoms with Crippen molar-refractivity contribution in [1.82, 2.24) is 15.2 Å². The number of amides is 1. The Morgan fingerprint density at radius 2 is 1.88 bits per heavy atom. The standard InChI is InChI=1S/C19H17FN4OS/c1-13(18(25)21-16-5-3-2-4-6-16)26-19-22-17(23-24-19)12-9-14-7-10-15(20)11-8-14/h2-13H,1H3,(H,21,25)(H,22,23,24). The molecule has 0 aliphatic heterocycles. The predicted molar refractivity (Wildman–Crippen MR) is 102 cm³/mol. The van der Waals surface area contributed by atoms with Crippen LogP contribution in [-0.2, 0) is 4.79 Å². The van der Waals surface area contributed by atoms with Crippen molar-refractivity contribution in [2.45, 2.75) is 17.3 Å². The smallest absolute Gasteiger partial charge is 0.237 e. The fourth-order valence-electron chi connectivity index (χ4n) is 2.11. The highest BCUT2D eigenvalue weighted by Gasteiger charge is 2.17. The average Bonchev–Trinajstić information content (AvgIpc) is 3.09. The van der Waals surface area contributed by atoms with Crippen molar-refractivity contribution in [2.75, 3.05) is 5.32 Å². The van der Waals surface area contributed by atoms with Crippen molar-refractivity contribution >= 4 is 35.5 Å². The van der Waals surface area contributed by atoms with E-state index in [0.29, 0.717) is 11.0 Å². The van der Waals surface area contributed by atoms with Crippen molar-refractivity contribution < 1.29 is 9.18 Å². The zero-order valence-electron chi connectivity index (χ0n) is 14.0. The minimum Gasteiger partial charge on any atom is -0.325 e. The van der Waals surface area contributed by atoms with Crippen molar-refractivity contribution in [3.05, 3.63) is 71.8 Å². The van der Waals surface area contributed by atoms with Gasteiger partial charge in [0.25, 0.3) is 0 Å². The third-order valence-electron chi connectivity index (χ3n) is 3.48. The molecule has 1 unspecified atom stereocenters. The maximum Gasteiger partial charge on any atom is 0.237 e. The van der Waals surface area contributed by atoms with E-state index in [9.17, 15) is 9.18 Å². The molecule has 0 aliphatic carbocycles. The van der Waals surface area contributed by atoms with Gasteiger partial charge in [0.2, 0.25) is 11.1 Å². The quantitative estimate of drug-likeness (QED) is 0.639. The van der Waals surface area contributed by atoms with Crippen LogP contribution >= 0.6 is 11.8 Å². The van der Waals surface area contributed by atoms with Crippen LogP contribution in [0.15, 0.2) is 59.8 Å². The van der Waals surface area contributed by atoms with Gasteiger partial charge in [-0.25, -0.2) is 9.37 Å². The van der Waals surface area contributed by atoms with Gasteiger partial charge in [0, 0.05) is 5.69 Å². The molecule has 2 aromatic carbocycles. The monoisotopic (exact) mass is 368 g/mol.